The molecular formula is C66H84N16Na2O22S6. The van der Waals surface area contributed by atoms with Gasteiger partial charge >= 0.3 is 59.1 Å². The maximum atomic E-state index is 14.0. The molecule has 0 aliphatic heterocycles. The standard InChI is InChI=1S/C66H86N16O22S6.2Na/c1-39(83)31-79(32-40(2)84)105(91,92)53-17-9-13-47(25-53)67-61-73-62(68-48-14-10-18-54(26-48)106(93,94)80(33-41(3)85)34-42(4)86)76-65(75-61)71-51-21-23-57(59(29-51)109(99,100)101)58-24-22-52(30-60(58)110(102,103)104)72-66-77-63(69-49-15-11-19-55(27-49)107(95,96)81(35-43(5)87)36-44(6)88)74-64(78-66)70-50-16-12-20-56(28-50)108(97,98)82(37-45(7)89)38-46(8)90;;/h9-30,39-46,83-90H,31-38H2,1-8H3,(H,99,100,101)(H,102,103,104)(H3,67,68,71,73,75,76)(H3,69,70,72,74,77,78);;/q;2*+1/p-2. The van der Waals surface area contributed by atoms with Gasteiger partial charge in [0.2, 0.25) is 75.8 Å². The van der Waals surface area contributed by atoms with Crippen LogP contribution >= 0.6 is 0 Å². The molecule has 0 aliphatic rings. The fourth-order valence-corrected chi connectivity index (χ4v) is 18.9. The minimum atomic E-state index is -5.69. The normalized spacial score (nSPS) is 14.6. The Balaban J connectivity index is 0.00000978. The Morgan fingerprint density at radius 1 is 0.286 bits per heavy atom. The number of rotatable bonds is 39. The summed E-state index contributed by atoms with van der Waals surface area (Å²) in [6.07, 6.45) is -9.19. The van der Waals surface area contributed by atoms with Gasteiger partial charge in [0.05, 0.1) is 78.2 Å². The second kappa shape index (κ2) is 39.8. The Morgan fingerprint density at radius 2 is 0.455 bits per heavy atom. The van der Waals surface area contributed by atoms with E-state index >= 15 is 0 Å². The molecule has 8 rings (SSSR count). The molecular weight excluding hydrogens is 1610 g/mol. The molecule has 598 valence electrons. The molecule has 0 amide bonds. The third kappa shape index (κ3) is 26.1. The van der Waals surface area contributed by atoms with Crippen LogP contribution in [-0.4, -0.2) is 249 Å². The maximum Gasteiger partial charge on any atom is 1.00 e. The third-order valence-electron chi connectivity index (χ3n) is 15.2. The minimum absolute atomic E-state index is 0. The summed E-state index contributed by atoms with van der Waals surface area (Å²) in [6.45, 7) is 7.67. The zero-order chi connectivity index (χ0) is 81.2. The number of hydrogen-bond donors (Lipinski definition) is 14. The van der Waals surface area contributed by atoms with E-state index in [1.807, 2.05) is 0 Å². The van der Waals surface area contributed by atoms with Crippen molar-refractivity contribution in [1.29, 1.82) is 0 Å². The van der Waals surface area contributed by atoms with Gasteiger partial charge in [-0.2, -0.15) is 47.1 Å². The summed E-state index contributed by atoms with van der Waals surface area (Å²) in [5.74, 6) is -2.46. The molecule has 0 radical (unpaired) electrons. The third-order valence-corrected chi connectivity index (χ3v) is 24.3. The van der Waals surface area contributed by atoms with Crippen molar-refractivity contribution in [2.75, 3.05) is 84.3 Å². The number of nitrogens with zero attached hydrogens (tertiary/aromatic N) is 10. The van der Waals surface area contributed by atoms with Crippen LogP contribution in [0.3, 0.4) is 0 Å². The first-order valence-electron chi connectivity index (χ1n) is 33.5. The van der Waals surface area contributed by atoms with Crippen molar-refractivity contribution < 1.29 is 160 Å². The van der Waals surface area contributed by atoms with Crippen LogP contribution in [0.4, 0.5) is 69.8 Å². The zero-order valence-corrected chi connectivity index (χ0v) is 71.1. The van der Waals surface area contributed by atoms with Crippen LogP contribution < -0.4 is 91.0 Å². The van der Waals surface area contributed by atoms with Crippen LogP contribution in [0.2, 0.25) is 0 Å². The molecule has 8 aromatic rings. The van der Waals surface area contributed by atoms with Crippen LogP contribution in [0.15, 0.2) is 163 Å². The molecule has 46 heteroatoms. The monoisotopic (exact) mass is 1690 g/mol. The van der Waals surface area contributed by atoms with Gasteiger partial charge in [-0.05, 0) is 152 Å². The molecule has 0 bridgehead atoms. The summed E-state index contributed by atoms with van der Waals surface area (Å²) >= 11 is 0. The Morgan fingerprint density at radius 3 is 0.616 bits per heavy atom. The molecule has 2 aromatic heterocycles. The van der Waals surface area contributed by atoms with Gasteiger partial charge in [0.15, 0.2) is 0 Å². The minimum Gasteiger partial charge on any atom is -0.744 e. The van der Waals surface area contributed by atoms with Crippen LogP contribution in [0.5, 0.6) is 0 Å². The van der Waals surface area contributed by atoms with Gasteiger partial charge in [-0.25, -0.2) is 50.5 Å². The summed E-state index contributed by atoms with van der Waals surface area (Å²) in [6, 6.07) is 26.4. The van der Waals surface area contributed by atoms with E-state index in [0.29, 0.717) is 0 Å². The molecule has 14 N–H and O–H groups in total. The van der Waals surface area contributed by atoms with Gasteiger partial charge in [-0.3, -0.25) is 0 Å². The van der Waals surface area contributed by atoms with Crippen LogP contribution in [-0.2, 0) is 60.3 Å². The number of aliphatic hydroxyl groups excluding tert-OH is 8. The first kappa shape index (κ1) is 94.1. The van der Waals surface area contributed by atoms with E-state index in [2.05, 4.69) is 61.8 Å². The Kier molecular flexibility index (Phi) is 33.4. The van der Waals surface area contributed by atoms with E-state index in [4.69, 9.17) is 0 Å². The largest absolute Gasteiger partial charge is 1.00 e. The Bertz CT molecular complexity index is 4720. The van der Waals surface area contributed by atoms with Gasteiger partial charge in [0, 0.05) is 97.6 Å². The quantitative estimate of drug-likeness (QED) is 0.0135. The predicted molar refractivity (Wildman–Crippen MR) is 401 cm³/mol. The van der Waals surface area contributed by atoms with E-state index in [1.165, 1.54) is 152 Å². The van der Waals surface area contributed by atoms with E-state index in [0.717, 1.165) is 53.6 Å². The van der Waals surface area contributed by atoms with Crippen molar-refractivity contribution >= 4 is 130 Å². The summed E-state index contributed by atoms with van der Waals surface area (Å²) in [7, 11) is -29.1. The number of anilines is 12. The van der Waals surface area contributed by atoms with E-state index in [-0.39, 0.29) is 137 Å². The summed E-state index contributed by atoms with van der Waals surface area (Å²) < 4.78 is 196. The first-order chi connectivity index (χ1) is 51.3. The fraction of sp³-hybridized carbons (Fsp3) is 0.364. The van der Waals surface area contributed by atoms with E-state index < -0.39 is 194 Å². The van der Waals surface area contributed by atoms with Gasteiger partial charge in [-0.1, -0.05) is 36.4 Å². The number of aliphatic hydroxyl groups is 8. The van der Waals surface area contributed by atoms with Gasteiger partial charge in [-0.15, -0.1) is 0 Å². The zero-order valence-electron chi connectivity index (χ0n) is 62.2. The molecule has 6 aromatic carbocycles. The topological polar surface area (TPSA) is 575 Å². The molecule has 0 fully saturated rings. The van der Waals surface area contributed by atoms with Crippen molar-refractivity contribution in [2.24, 2.45) is 0 Å². The number of benzene rings is 6. The Labute approximate surface area is 693 Å². The van der Waals surface area contributed by atoms with Gasteiger partial charge in [0.25, 0.3) is 0 Å². The molecule has 0 aliphatic carbocycles. The second-order valence-electron chi connectivity index (χ2n) is 25.9. The van der Waals surface area contributed by atoms with Crippen molar-refractivity contribution in [3.05, 3.63) is 133 Å². The van der Waals surface area contributed by atoms with Gasteiger partial charge < -0.3 is 81.9 Å². The average Bonchev–Trinajstić information content (AvgIpc) is 0.765. The summed E-state index contributed by atoms with van der Waals surface area (Å²) in [5, 5.41) is 98.3. The molecule has 0 spiro atoms. The van der Waals surface area contributed by atoms with Gasteiger partial charge in [0.1, 0.15) is 20.2 Å². The van der Waals surface area contributed by atoms with Crippen LogP contribution in [0.1, 0.15) is 55.4 Å². The van der Waals surface area contributed by atoms with Crippen molar-refractivity contribution in [3.63, 3.8) is 0 Å². The SMILES string of the molecule is CC(O)CN(CC(C)O)S(=O)(=O)c1cccc(Nc2nc(Nc3cccc(S(=O)(=O)N(CC(C)O)CC(C)O)c3)nc(Nc3ccc(-c4ccc(Nc5nc(Nc6cccc(S(=O)(=O)N(CC(C)O)CC(C)O)c6)nc(Nc6cccc(S(=O)(=O)N(CC(C)O)CC(C)O)c6)n5)cc4S(=O)(=O)[O-])c(S(=O)(=O)[O-])c3)n2)c1.[Na+].[Na+]. The van der Waals surface area contributed by atoms with Crippen molar-refractivity contribution in [3.8, 4) is 11.1 Å². The van der Waals surface area contributed by atoms with E-state index in [1.54, 1.807) is 0 Å². The van der Waals surface area contributed by atoms with Crippen molar-refractivity contribution in [2.45, 2.75) is 134 Å². The molecule has 0 saturated carbocycles. The number of sulfonamides is 4. The molecule has 112 heavy (non-hydrogen) atoms. The molecule has 8 unspecified atom stereocenters. The second-order valence-corrected chi connectivity index (χ2v) is 36.3. The Hall–Kier alpha value is -6.72. The van der Waals surface area contributed by atoms with E-state index in [9.17, 15) is 100 Å². The van der Waals surface area contributed by atoms with Crippen LogP contribution in [0, 0.1) is 0 Å². The molecule has 38 nitrogen and oxygen atoms in total. The van der Waals surface area contributed by atoms with Crippen LogP contribution in [0.25, 0.3) is 11.1 Å². The predicted octanol–water partition coefficient (Wildman–Crippen LogP) is -2.99. The molecule has 2 heterocycles. The first-order valence-corrected chi connectivity index (χ1v) is 42.0. The number of nitrogens with one attached hydrogen (secondary N) is 6. The smallest absolute Gasteiger partial charge is 0.744 e. The molecule has 0 saturated heterocycles. The number of aromatic nitrogens is 6. The molecule has 8 atom stereocenters. The summed E-state index contributed by atoms with van der Waals surface area (Å²) in [4.78, 5) is 22.8. The average molecular weight is 1690 g/mol. The fourth-order valence-electron chi connectivity index (χ4n) is 10.9. The van der Waals surface area contributed by atoms with Crippen molar-refractivity contribution in [1.82, 2.24) is 47.1 Å². The number of hydrogen-bond acceptors (Lipinski definition) is 34. The maximum absolute atomic E-state index is 14.0. The summed E-state index contributed by atoms with van der Waals surface area (Å²) in [5.41, 5.74) is -1.78.